The molecule has 1 aliphatic rings. The summed E-state index contributed by atoms with van der Waals surface area (Å²) in [6.45, 7) is 0. The van der Waals surface area contributed by atoms with Crippen molar-refractivity contribution >= 4 is 68.3 Å². The van der Waals surface area contributed by atoms with E-state index in [0.29, 0.717) is 55.9 Å². The highest BCUT2D eigenvalue weighted by Crippen LogP contribution is 2.32. The summed E-state index contributed by atoms with van der Waals surface area (Å²) in [6.07, 6.45) is 11.5. The average Bonchev–Trinajstić information content (AvgIpc) is 4.05. The van der Waals surface area contributed by atoms with E-state index in [4.69, 9.17) is 0 Å². The maximum atomic E-state index is 13.2. The van der Waals surface area contributed by atoms with Crippen LogP contribution in [0.5, 0.6) is 0 Å². The second kappa shape index (κ2) is 20.7. The number of nitrogens with zero attached hydrogens (tertiary/aromatic N) is 7. The van der Waals surface area contributed by atoms with Gasteiger partial charge in [0.1, 0.15) is 11.6 Å². The van der Waals surface area contributed by atoms with Gasteiger partial charge in [-0.2, -0.15) is 10.2 Å². The van der Waals surface area contributed by atoms with E-state index in [1.54, 1.807) is 93.6 Å². The normalized spacial score (nSPS) is 11.8. The van der Waals surface area contributed by atoms with Crippen molar-refractivity contribution in [3.05, 3.63) is 182 Å². The quantitative estimate of drug-likeness (QED) is 0.0718. The predicted octanol–water partition coefficient (Wildman–Crippen LogP) is 10.6. The molecule has 0 radical (unpaired) electrons. The van der Waals surface area contributed by atoms with E-state index in [-0.39, 0.29) is 46.8 Å². The molecule has 0 spiro atoms. The maximum absolute atomic E-state index is 13.2. The van der Waals surface area contributed by atoms with Gasteiger partial charge in [-0.25, -0.2) is 13.6 Å². The van der Waals surface area contributed by atoms with Gasteiger partial charge >= 0.3 is 6.03 Å². The van der Waals surface area contributed by atoms with Gasteiger partial charge in [-0.1, -0.05) is 12.1 Å². The molecule has 17 nitrogen and oxygen atoms in total. The molecule has 0 unspecified atom stereocenters. The molecule has 4 aromatic carbocycles. The minimum atomic E-state index is -0.398. The molecule has 1 saturated carbocycles. The van der Waals surface area contributed by atoms with Crippen LogP contribution in [-0.4, -0.2) is 83.1 Å². The highest BCUT2D eigenvalue weighted by molar-refractivity contribution is 6.12. The third-order valence-electron chi connectivity index (χ3n) is 11.9. The van der Waals surface area contributed by atoms with Crippen molar-refractivity contribution in [3.63, 3.8) is 0 Å². The molecule has 6 aromatic heterocycles. The van der Waals surface area contributed by atoms with Gasteiger partial charge in [0, 0.05) is 65.4 Å². The monoisotopic (exact) mass is 987 g/mol. The van der Waals surface area contributed by atoms with Gasteiger partial charge in [-0.3, -0.25) is 44.5 Å². The van der Waals surface area contributed by atoms with Gasteiger partial charge in [0.2, 0.25) is 5.91 Å². The first-order valence-corrected chi connectivity index (χ1v) is 23.1. The molecular weight excluding hydrogens is 945 g/mol. The Hall–Kier alpha value is -10.0. The number of urea groups is 1. The summed E-state index contributed by atoms with van der Waals surface area (Å²) < 4.78 is 26.3. The van der Waals surface area contributed by atoms with Crippen LogP contribution in [0, 0.1) is 17.6 Å². The molecule has 74 heavy (non-hydrogen) atoms. The van der Waals surface area contributed by atoms with Crippen molar-refractivity contribution in [3.8, 4) is 44.8 Å². The van der Waals surface area contributed by atoms with Crippen molar-refractivity contribution in [1.29, 1.82) is 0 Å². The van der Waals surface area contributed by atoms with Crippen LogP contribution in [-0.2, 0) is 4.79 Å². The van der Waals surface area contributed by atoms with E-state index in [1.165, 1.54) is 35.4 Å². The fraction of sp³-hybridized carbons (Fsp3) is 0.0909. The van der Waals surface area contributed by atoms with Crippen molar-refractivity contribution in [2.24, 2.45) is 5.92 Å². The summed E-state index contributed by atoms with van der Waals surface area (Å²) in [4.78, 5) is 68.9. The van der Waals surface area contributed by atoms with E-state index in [9.17, 15) is 28.0 Å². The predicted molar refractivity (Wildman–Crippen MR) is 278 cm³/mol. The summed E-state index contributed by atoms with van der Waals surface area (Å²) in [7, 11) is 3.31. The molecule has 366 valence electrons. The zero-order valence-corrected chi connectivity index (χ0v) is 39.5. The van der Waals surface area contributed by atoms with E-state index in [1.807, 2.05) is 48.5 Å². The summed E-state index contributed by atoms with van der Waals surface area (Å²) in [5, 5.41) is 26.8. The lowest BCUT2D eigenvalue weighted by Crippen LogP contribution is -2.27. The zero-order valence-electron chi connectivity index (χ0n) is 39.5. The summed E-state index contributed by atoms with van der Waals surface area (Å²) in [6, 6.07) is 33.6. The molecule has 19 heteroatoms. The van der Waals surface area contributed by atoms with Crippen LogP contribution in [0.3, 0.4) is 0 Å². The van der Waals surface area contributed by atoms with Gasteiger partial charge in [-0.05, 0) is 133 Å². The van der Waals surface area contributed by atoms with E-state index in [2.05, 4.69) is 61.6 Å². The maximum Gasteiger partial charge on any atom is 0.321 e. The smallest absolute Gasteiger partial charge is 0.321 e. The van der Waals surface area contributed by atoms with Crippen LogP contribution in [0.15, 0.2) is 159 Å². The Morgan fingerprint density at radius 2 is 0.932 bits per heavy atom. The number of H-pyrrole nitrogens is 2. The first kappa shape index (κ1) is 47.6. The van der Waals surface area contributed by atoms with Gasteiger partial charge in [0.05, 0.1) is 70.0 Å². The Kier molecular flexibility index (Phi) is 13.3. The van der Waals surface area contributed by atoms with Crippen LogP contribution in [0.25, 0.3) is 66.6 Å². The third kappa shape index (κ3) is 11.0. The molecule has 5 amide bonds. The molecule has 1 fully saturated rings. The second-order valence-electron chi connectivity index (χ2n) is 17.5. The summed E-state index contributed by atoms with van der Waals surface area (Å²) in [5.41, 5.74) is 10.2. The SMILES string of the molecule is CN(C)C(=O)Nc1cncc(-c2ccc3[nH]nc(C(=O)Nc4ccc(-c5ccc(F)cc5)nc4)c3c2)c1.O=C(Nc1ccc(-c2ccc(F)cc2)nc1)c1n[nH]c2ccc(-c3cncc(NC(=O)C4CC4)c3)cc12. The lowest BCUT2D eigenvalue weighted by Gasteiger charge is -2.12. The Labute approximate surface area is 420 Å². The number of pyridine rings is 4. The molecule has 0 bridgehead atoms. The number of aromatic nitrogens is 8. The van der Waals surface area contributed by atoms with Gasteiger partial charge in [0.25, 0.3) is 11.8 Å². The number of nitrogens with one attached hydrogen (secondary N) is 6. The molecule has 6 heterocycles. The number of amides is 5. The Morgan fingerprint density at radius 1 is 0.486 bits per heavy atom. The fourth-order valence-electron chi connectivity index (χ4n) is 7.79. The number of fused-ring (bicyclic) bond motifs is 2. The fourth-order valence-corrected chi connectivity index (χ4v) is 7.79. The van der Waals surface area contributed by atoms with Gasteiger partial charge < -0.3 is 26.2 Å². The first-order chi connectivity index (χ1) is 35.9. The number of rotatable bonds is 11. The highest BCUT2D eigenvalue weighted by atomic mass is 19.1. The number of anilines is 4. The molecule has 6 N–H and O–H groups in total. The highest BCUT2D eigenvalue weighted by Gasteiger charge is 2.29. The molecular formula is C55H43F2N13O4. The summed E-state index contributed by atoms with van der Waals surface area (Å²) >= 11 is 0. The minimum absolute atomic E-state index is 0.0170. The molecule has 0 atom stereocenters. The number of benzene rings is 4. The van der Waals surface area contributed by atoms with Crippen molar-refractivity contribution in [1.82, 2.24) is 45.2 Å². The van der Waals surface area contributed by atoms with Crippen molar-refractivity contribution < 1.29 is 28.0 Å². The van der Waals surface area contributed by atoms with Gasteiger partial charge in [-0.15, -0.1) is 0 Å². The molecule has 1 aliphatic carbocycles. The molecule has 10 aromatic rings. The Bertz CT molecular complexity index is 3470. The van der Waals surface area contributed by atoms with Crippen molar-refractivity contribution in [2.75, 3.05) is 35.4 Å². The largest absolute Gasteiger partial charge is 0.331 e. The van der Waals surface area contributed by atoms with E-state index >= 15 is 0 Å². The molecule has 0 saturated heterocycles. The number of hydrogen-bond donors (Lipinski definition) is 6. The van der Waals surface area contributed by atoms with Crippen LogP contribution < -0.4 is 21.3 Å². The molecule has 11 rings (SSSR count). The third-order valence-corrected chi connectivity index (χ3v) is 11.9. The topological polar surface area (TPSA) is 229 Å². The number of hydrogen-bond acceptors (Lipinski definition) is 10. The number of halogens is 2. The standard InChI is InChI=1S/C28H21FN6O2.C27H22FN7O2/c29-20-6-3-16(4-7-20)24-10-8-21(15-31-24)32-28(37)26-23-12-18(5-9-25(23)34-35-26)19-11-22(14-30-13-19)33-27(36)17-1-2-17;1-35(2)27(37)32-21-11-18(13-29-14-21)17-5-9-24-22(12-17)25(34-33-24)26(36)31-20-8-10-23(30-15-20)16-3-6-19(28)7-4-16/h3-15,17H,1-2H2,(H,32,37)(H,33,36)(H,34,35);3-15H,1-2H3,(H,31,36)(H,32,37)(H,33,34). The number of aromatic amines is 2. The average molecular weight is 988 g/mol. The number of carbonyl (C=O) groups is 4. The van der Waals surface area contributed by atoms with Crippen LogP contribution >= 0.6 is 0 Å². The lowest BCUT2D eigenvalue weighted by molar-refractivity contribution is -0.117. The number of carbonyl (C=O) groups excluding carboxylic acids is 4. The second-order valence-corrected chi connectivity index (χ2v) is 17.5. The lowest BCUT2D eigenvalue weighted by atomic mass is 10.0. The Balaban J connectivity index is 0.000000169. The Morgan fingerprint density at radius 3 is 1.35 bits per heavy atom. The summed E-state index contributed by atoms with van der Waals surface area (Å²) in [5.74, 6) is -1.30. The van der Waals surface area contributed by atoms with E-state index < -0.39 is 5.91 Å². The zero-order chi connectivity index (χ0) is 51.3. The van der Waals surface area contributed by atoms with Gasteiger partial charge in [0.15, 0.2) is 11.4 Å². The van der Waals surface area contributed by atoms with Crippen LogP contribution in [0.1, 0.15) is 33.8 Å². The van der Waals surface area contributed by atoms with Crippen molar-refractivity contribution in [2.45, 2.75) is 12.8 Å². The molecule has 0 aliphatic heterocycles. The first-order valence-electron chi connectivity index (χ1n) is 23.1. The van der Waals surface area contributed by atoms with Crippen LogP contribution in [0.2, 0.25) is 0 Å². The van der Waals surface area contributed by atoms with E-state index in [0.717, 1.165) is 46.2 Å². The minimum Gasteiger partial charge on any atom is -0.331 e. The van der Waals surface area contributed by atoms with Crippen LogP contribution in [0.4, 0.5) is 36.3 Å².